The van der Waals surface area contributed by atoms with Crippen molar-refractivity contribution in [2.45, 2.75) is 39.7 Å². The second-order valence-electron chi connectivity index (χ2n) is 5.48. The van der Waals surface area contributed by atoms with E-state index in [4.69, 9.17) is 10.5 Å². The molecule has 0 spiro atoms. The van der Waals surface area contributed by atoms with Crippen LogP contribution in [0.5, 0.6) is 11.5 Å². The fourth-order valence-electron chi connectivity index (χ4n) is 2.33. The normalized spacial score (nSPS) is 11.5. The first-order valence-corrected chi connectivity index (χ1v) is 7.97. The molecule has 0 atom stereocenters. The van der Waals surface area contributed by atoms with Crippen LogP contribution < -0.4 is 10.5 Å². The van der Waals surface area contributed by atoms with Crippen LogP contribution in [0.25, 0.3) is 5.57 Å². The smallest absolute Gasteiger partial charge is 0.134 e. The zero-order chi connectivity index (χ0) is 15.8. The van der Waals surface area contributed by atoms with Gasteiger partial charge >= 0.3 is 0 Å². The minimum Gasteiger partial charge on any atom is -0.457 e. The van der Waals surface area contributed by atoms with Crippen LogP contribution >= 0.6 is 0 Å². The van der Waals surface area contributed by atoms with Gasteiger partial charge in [0.15, 0.2) is 0 Å². The van der Waals surface area contributed by atoms with Crippen molar-refractivity contribution in [3.63, 3.8) is 0 Å². The van der Waals surface area contributed by atoms with Gasteiger partial charge in [-0.1, -0.05) is 56.2 Å². The molecule has 2 rings (SSSR count). The van der Waals surface area contributed by atoms with Crippen LogP contribution in [0.15, 0.2) is 54.6 Å². The first-order valence-electron chi connectivity index (χ1n) is 7.97. The van der Waals surface area contributed by atoms with Crippen LogP contribution in [-0.4, -0.2) is 0 Å². The molecule has 116 valence electrons. The molecule has 0 amide bonds. The van der Waals surface area contributed by atoms with E-state index in [9.17, 15) is 0 Å². The second kappa shape index (κ2) is 8.40. The van der Waals surface area contributed by atoms with Gasteiger partial charge in [-0.25, -0.2) is 0 Å². The largest absolute Gasteiger partial charge is 0.457 e. The van der Waals surface area contributed by atoms with Crippen LogP contribution in [0.2, 0.25) is 0 Å². The van der Waals surface area contributed by atoms with Crippen LogP contribution in [0.1, 0.15) is 44.2 Å². The number of hydrogen-bond acceptors (Lipinski definition) is 2. The van der Waals surface area contributed by atoms with Crippen molar-refractivity contribution in [3.8, 4) is 11.5 Å². The summed E-state index contributed by atoms with van der Waals surface area (Å²) < 4.78 is 6.05. The summed E-state index contributed by atoms with van der Waals surface area (Å²) in [5, 5.41) is 0. The first-order chi connectivity index (χ1) is 10.7. The van der Waals surface area contributed by atoms with Crippen LogP contribution in [0.4, 0.5) is 0 Å². The average molecular weight is 295 g/mol. The molecule has 0 aromatic heterocycles. The van der Waals surface area contributed by atoms with Crippen molar-refractivity contribution in [2.24, 2.45) is 5.73 Å². The lowest BCUT2D eigenvalue weighted by molar-refractivity contribution is 0.481. The molecule has 0 unspecified atom stereocenters. The molecule has 2 aromatic rings. The Morgan fingerprint density at radius 3 is 2.50 bits per heavy atom. The molecule has 2 heteroatoms. The molecule has 0 aliphatic heterocycles. The molecule has 0 saturated carbocycles. The van der Waals surface area contributed by atoms with Crippen molar-refractivity contribution in [2.75, 3.05) is 0 Å². The predicted octanol–water partition coefficient (Wildman–Crippen LogP) is 5.53. The fraction of sp³-hybridized carbons (Fsp3) is 0.300. The number of allylic oxidation sites excluding steroid dienone is 2. The number of para-hydroxylation sites is 1. The van der Waals surface area contributed by atoms with Gasteiger partial charge in [0.05, 0.1) is 0 Å². The number of ether oxygens (including phenoxy) is 1. The molecule has 0 radical (unpaired) electrons. The molecule has 2 nitrogen and oxygen atoms in total. The third-order valence-electron chi connectivity index (χ3n) is 3.71. The Morgan fingerprint density at radius 1 is 1.09 bits per heavy atom. The lowest BCUT2D eigenvalue weighted by Crippen LogP contribution is -1.95. The number of benzene rings is 2. The summed E-state index contributed by atoms with van der Waals surface area (Å²) in [7, 11) is 0. The lowest BCUT2D eigenvalue weighted by Gasteiger charge is -2.12. The van der Waals surface area contributed by atoms with Gasteiger partial charge in [-0.15, -0.1) is 0 Å². The van der Waals surface area contributed by atoms with E-state index in [2.05, 4.69) is 32.1 Å². The fourth-order valence-corrected chi connectivity index (χ4v) is 2.33. The van der Waals surface area contributed by atoms with Gasteiger partial charge in [0.1, 0.15) is 11.5 Å². The van der Waals surface area contributed by atoms with Crippen LogP contribution in [0.3, 0.4) is 0 Å². The van der Waals surface area contributed by atoms with Crippen molar-refractivity contribution in [1.82, 2.24) is 0 Å². The Balaban J connectivity index is 2.18. The molecule has 0 aliphatic rings. The van der Waals surface area contributed by atoms with Gasteiger partial charge in [0.25, 0.3) is 0 Å². The van der Waals surface area contributed by atoms with Crippen molar-refractivity contribution in [1.29, 1.82) is 0 Å². The molecule has 2 N–H and O–H groups in total. The van der Waals surface area contributed by atoms with E-state index in [1.54, 1.807) is 0 Å². The van der Waals surface area contributed by atoms with E-state index in [-0.39, 0.29) is 0 Å². The van der Waals surface area contributed by atoms with E-state index in [0.29, 0.717) is 6.54 Å². The van der Waals surface area contributed by atoms with Gasteiger partial charge in [-0.3, -0.25) is 0 Å². The predicted molar refractivity (Wildman–Crippen MR) is 94.0 cm³/mol. The molecule has 0 aliphatic carbocycles. The Labute approximate surface area is 133 Å². The maximum Gasteiger partial charge on any atom is 0.134 e. The van der Waals surface area contributed by atoms with E-state index in [0.717, 1.165) is 29.0 Å². The maximum atomic E-state index is 6.05. The Morgan fingerprint density at radius 2 is 1.82 bits per heavy atom. The highest BCUT2D eigenvalue weighted by Crippen LogP contribution is 2.30. The highest BCUT2D eigenvalue weighted by molar-refractivity contribution is 5.69. The van der Waals surface area contributed by atoms with Gasteiger partial charge in [0, 0.05) is 12.1 Å². The molecule has 0 fully saturated rings. The SMILES string of the molecule is CCCC/C=C(\C)c1ccccc1Oc1ccc(CN)cc1. The van der Waals surface area contributed by atoms with E-state index in [1.165, 1.54) is 18.4 Å². The summed E-state index contributed by atoms with van der Waals surface area (Å²) in [4.78, 5) is 0. The first kappa shape index (κ1) is 16.3. The van der Waals surface area contributed by atoms with Crippen molar-refractivity contribution < 1.29 is 4.74 Å². The summed E-state index contributed by atoms with van der Waals surface area (Å²) in [6, 6.07) is 16.1. The van der Waals surface area contributed by atoms with Crippen LogP contribution in [0, 0.1) is 0 Å². The monoisotopic (exact) mass is 295 g/mol. The number of nitrogens with two attached hydrogens (primary N) is 1. The zero-order valence-electron chi connectivity index (χ0n) is 13.5. The highest BCUT2D eigenvalue weighted by atomic mass is 16.5. The Bertz CT molecular complexity index is 614. The molecule has 0 saturated heterocycles. The highest BCUT2D eigenvalue weighted by Gasteiger charge is 2.06. The quantitative estimate of drug-likeness (QED) is 0.681. The third kappa shape index (κ3) is 4.47. The molecule has 0 bridgehead atoms. The summed E-state index contributed by atoms with van der Waals surface area (Å²) in [6.45, 7) is 4.91. The van der Waals surface area contributed by atoms with Gasteiger partial charge in [0.2, 0.25) is 0 Å². The number of unbranched alkanes of at least 4 members (excludes halogenated alkanes) is 2. The number of rotatable bonds is 7. The van der Waals surface area contributed by atoms with Gasteiger partial charge in [-0.2, -0.15) is 0 Å². The van der Waals surface area contributed by atoms with Crippen molar-refractivity contribution in [3.05, 3.63) is 65.7 Å². The average Bonchev–Trinajstić information content (AvgIpc) is 2.56. The molecule has 0 heterocycles. The summed E-state index contributed by atoms with van der Waals surface area (Å²) in [5.41, 5.74) is 9.15. The van der Waals surface area contributed by atoms with E-state index < -0.39 is 0 Å². The van der Waals surface area contributed by atoms with Crippen molar-refractivity contribution >= 4 is 5.57 Å². The maximum absolute atomic E-state index is 6.05. The summed E-state index contributed by atoms with van der Waals surface area (Å²) >= 11 is 0. The van der Waals surface area contributed by atoms with Crippen LogP contribution in [-0.2, 0) is 6.54 Å². The third-order valence-corrected chi connectivity index (χ3v) is 3.71. The molecule has 2 aromatic carbocycles. The second-order valence-corrected chi connectivity index (χ2v) is 5.48. The number of hydrogen-bond donors (Lipinski definition) is 1. The standard InChI is InChI=1S/C20H25NO/c1-3-4-5-8-16(2)19-9-6-7-10-20(19)22-18-13-11-17(15-21)12-14-18/h6-14H,3-5,15,21H2,1-2H3/b16-8+. The Hall–Kier alpha value is -2.06. The summed E-state index contributed by atoms with van der Waals surface area (Å²) in [5.74, 6) is 1.74. The van der Waals surface area contributed by atoms with E-state index in [1.807, 2.05) is 36.4 Å². The Kier molecular flexibility index (Phi) is 6.23. The minimum absolute atomic E-state index is 0.552. The lowest BCUT2D eigenvalue weighted by atomic mass is 10.0. The van der Waals surface area contributed by atoms with E-state index >= 15 is 0 Å². The van der Waals surface area contributed by atoms with Gasteiger partial charge < -0.3 is 10.5 Å². The zero-order valence-corrected chi connectivity index (χ0v) is 13.5. The molecular weight excluding hydrogens is 270 g/mol. The summed E-state index contributed by atoms with van der Waals surface area (Å²) in [6.07, 6.45) is 5.85. The molecule has 22 heavy (non-hydrogen) atoms. The molecular formula is C20H25NO. The topological polar surface area (TPSA) is 35.2 Å². The van der Waals surface area contributed by atoms with Gasteiger partial charge in [-0.05, 0) is 42.7 Å². The minimum atomic E-state index is 0.552.